The summed E-state index contributed by atoms with van der Waals surface area (Å²) in [7, 11) is 0. The van der Waals surface area contributed by atoms with E-state index in [1.165, 1.54) is 99.5 Å². The van der Waals surface area contributed by atoms with Crippen molar-refractivity contribution in [1.82, 2.24) is 0 Å². The van der Waals surface area contributed by atoms with Crippen LogP contribution < -0.4 is 0 Å². The van der Waals surface area contributed by atoms with E-state index in [4.69, 9.17) is 0 Å². The predicted octanol–water partition coefficient (Wildman–Crippen LogP) is 16.1. The van der Waals surface area contributed by atoms with Crippen LogP contribution in [0.1, 0.15) is 66.8 Å². The topological polar surface area (TPSA) is 0 Å². The molecule has 9 aromatic rings. The van der Waals surface area contributed by atoms with E-state index in [1.54, 1.807) is 0 Å². The number of fused-ring (bicyclic) bond motifs is 2. The van der Waals surface area contributed by atoms with E-state index < -0.39 is 0 Å². The fourth-order valence-electron chi connectivity index (χ4n) is 8.42. The number of hydrogen-bond acceptors (Lipinski definition) is 0. The normalized spacial score (nSPS) is 12.2. The Morgan fingerprint density at radius 2 is 0.583 bits per heavy atom. The Balaban J connectivity index is 1.14. The van der Waals surface area contributed by atoms with Gasteiger partial charge in [-0.05, 0) is 125 Å². The average molecular weight is 767 g/mol. The fraction of sp³-hybridized carbons (Fsp3) is 0.0333. The number of rotatable bonds is 10. The van der Waals surface area contributed by atoms with E-state index in [2.05, 4.69) is 257 Å². The van der Waals surface area contributed by atoms with Crippen LogP contribution in [0.15, 0.2) is 206 Å². The molecular weight excluding hydrogens is 721 g/mol. The van der Waals surface area contributed by atoms with Crippen molar-refractivity contribution in [2.75, 3.05) is 0 Å². The third-order valence-electron chi connectivity index (χ3n) is 11.5. The molecule has 0 atom stereocenters. The Labute approximate surface area is 354 Å². The first-order valence-electron chi connectivity index (χ1n) is 20.8. The highest BCUT2D eigenvalue weighted by Gasteiger charge is 2.13. The van der Waals surface area contributed by atoms with E-state index in [1.807, 2.05) is 0 Å². The van der Waals surface area contributed by atoms with Crippen LogP contribution in [0.2, 0.25) is 0 Å². The quantitative estimate of drug-likeness (QED) is 0.0961. The molecule has 286 valence electrons. The molecule has 0 aromatic heterocycles. The van der Waals surface area contributed by atoms with Crippen molar-refractivity contribution in [3.8, 4) is 0 Å². The molecule has 0 saturated carbocycles. The summed E-state index contributed by atoms with van der Waals surface area (Å²) in [5, 5.41) is 4.90. The number of aryl methyl sites for hydroxylation is 2. The molecule has 0 unspecified atom stereocenters. The smallest absolute Gasteiger partial charge is 0.00987 e. The van der Waals surface area contributed by atoms with Gasteiger partial charge in [-0.1, -0.05) is 231 Å². The Kier molecular flexibility index (Phi) is 11.1. The van der Waals surface area contributed by atoms with Gasteiger partial charge in [-0.15, -0.1) is 0 Å². The zero-order chi connectivity index (χ0) is 40.7. The van der Waals surface area contributed by atoms with Crippen molar-refractivity contribution in [3.63, 3.8) is 0 Å². The zero-order valence-electron chi connectivity index (χ0n) is 34.1. The lowest BCUT2D eigenvalue weighted by Crippen LogP contribution is -1.93. The minimum absolute atomic E-state index is 1.17. The minimum atomic E-state index is 1.17. The zero-order valence-corrected chi connectivity index (χ0v) is 34.1. The van der Waals surface area contributed by atoms with Crippen LogP contribution in [-0.4, -0.2) is 0 Å². The second kappa shape index (κ2) is 17.5. The summed E-state index contributed by atoms with van der Waals surface area (Å²) in [4.78, 5) is 0. The van der Waals surface area contributed by atoms with Crippen molar-refractivity contribution in [2.45, 2.75) is 13.8 Å². The summed E-state index contributed by atoms with van der Waals surface area (Å²) < 4.78 is 0. The number of hydrogen-bond donors (Lipinski definition) is 0. The first-order chi connectivity index (χ1) is 29.6. The molecule has 0 amide bonds. The van der Waals surface area contributed by atoms with Crippen LogP contribution in [0.3, 0.4) is 0 Å². The maximum Gasteiger partial charge on any atom is -0.00987 e. The number of benzene rings is 9. The molecule has 0 nitrogen and oxygen atoms in total. The maximum absolute atomic E-state index is 2.35. The minimum Gasteiger partial charge on any atom is -0.0622 e. The molecule has 60 heavy (non-hydrogen) atoms. The van der Waals surface area contributed by atoms with Crippen molar-refractivity contribution < 1.29 is 0 Å². The van der Waals surface area contributed by atoms with E-state index >= 15 is 0 Å². The Hall–Kier alpha value is -7.54. The largest absolute Gasteiger partial charge is 0.0622 e. The molecule has 0 radical (unpaired) electrons. The van der Waals surface area contributed by atoms with Gasteiger partial charge in [0.05, 0.1) is 0 Å². The van der Waals surface area contributed by atoms with Gasteiger partial charge in [-0.25, -0.2) is 0 Å². The van der Waals surface area contributed by atoms with Crippen LogP contribution in [0.5, 0.6) is 0 Å². The van der Waals surface area contributed by atoms with Crippen molar-refractivity contribution >= 4 is 69.1 Å². The highest BCUT2D eigenvalue weighted by molar-refractivity contribution is 6.14. The summed E-state index contributed by atoms with van der Waals surface area (Å²) in [5.74, 6) is 0. The summed E-state index contributed by atoms with van der Waals surface area (Å²) in [6, 6.07) is 73.9. The standard InChI is InChI=1S/C60H46/c1-43-21-9-15-31-51(43)59(47-25-5-3-6-26-47)41-49-29-13-11-23-45(49)37-39-57-53-33-17-19-35-55(53)58(56-36-20-18-34-54(56)57)40-38-46-24-12-14-30-50(46)42-60(48-27-7-4-8-28-48)52-32-16-10-22-44(52)2/h3-42H,1-2H3. The molecule has 0 heteroatoms. The lowest BCUT2D eigenvalue weighted by molar-refractivity contribution is 1.42. The van der Waals surface area contributed by atoms with Crippen LogP contribution in [0.4, 0.5) is 0 Å². The average Bonchev–Trinajstić information content (AvgIpc) is 3.30. The van der Waals surface area contributed by atoms with Crippen LogP contribution >= 0.6 is 0 Å². The van der Waals surface area contributed by atoms with Crippen LogP contribution in [0.25, 0.3) is 69.1 Å². The highest BCUT2D eigenvalue weighted by atomic mass is 14.2. The molecule has 0 N–H and O–H groups in total. The van der Waals surface area contributed by atoms with Gasteiger partial charge in [-0.2, -0.15) is 0 Å². The molecule has 0 spiro atoms. The van der Waals surface area contributed by atoms with Gasteiger partial charge in [0, 0.05) is 0 Å². The Morgan fingerprint density at radius 1 is 0.283 bits per heavy atom. The predicted molar refractivity (Wildman–Crippen MR) is 261 cm³/mol. The van der Waals surface area contributed by atoms with Crippen LogP contribution in [-0.2, 0) is 0 Å². The highest BCUT2D eigenvalue weighted by Crippen LogP contribution is 2.37. The van der Waals surface area contributed by atoms with Crippen molar-refractivity contribution in [2.24, 2.45) is 0 Å². The SMILES string of the molecule is Cc1ccccc1C(=Cc1ccccc1C=Cc1c2ccccc2c(C=Cc2ccccc2C=C(c2ccccc2)c2ccccc2C)c2ccccc12)c1ccccc1. The molecule has 0 aliphatic heterocycles. The maximum atomic E-state index is 2.35. The summed E-state index contributed by atoms with van der Waals surface area (Å²) in [6.45, 7) is 4.38. The summed E-state index contributed by atoms with van der Waals surface area (Å²) >= 11 is 0. The van der Waals surface area contributed by atoms with Crippen molar-refractivity contribution in [3.05, 3.63) is 273 Å². The second-order valence-electron chi connectivity index (χ2n) is 15.3. The van der Waals surface area contributed by atoms with E-state index in [9.17, 15) is 0 Å². The molecule has 9 rings (SSSR count). The van der Waals surface area contributed by atoms with E-state index in [-0.39, 0.29) is 0 Å². The Bertz CT molecular complexity index is 2810. The molecule has 0 fully saturated rings. The van der Waals surface area contributed by atoms with Gasteiger partial charge in [0.1, 0.15) is 0 Å². The molecule has 9 aromatic carbocycles. The van der Waals surface area contributed by atoms with Gasteiger partial charge < -0.3 is 0 Å². The first-order valence-corrected chi connectivity index (χ1v) is 20.8. The fourth-order valence-corrected chi connectivity index (χ4v) is 8.42. The molecule has 0 saturated heterocycles. The monoisotopic (exact) mass is 766 g/mol. The van der Waals surface area contributed by atoms with Crippen LogP contribution in [0, 0.1) is 13.8 Å². The van der Waals surface area contributed by atoms with Gasteiger partial charge in [0.25, 0.3) is 0 Å². The van der Waals surface area contributed by atoms with Gasteiger partial charge in [-0.3, -0.25) is 0 Å². The molecule has 0 aliphatic carbocycles. The van der Waals surface area contributed by atoms with Gasteiger partial charge in [0.2, 0.25) is 0 Å². The lowest BCUT2D eigenvalue weighted by Gasteiger charge is -2.14. The third kappa shape index (κ3) is 7.97. The summed E-state index contributed by atoms with van der Waals surface area (Å²) in [5.41, 5.74) is 16.9. The first kappa shape index (κ1) is 38.0. The molecular formula is C60H46. The molecule has 0 bridgehead atoms. The van der Waals surface area contributed by atoms with Crippen molar-refractivity contribution in [1.29, 1.82) is 0 Å². The Morgan fingerprint density at radius 3 is 0.950 bits per heavy atom. The lowest BCUT2D eigenvalue weighted by atomic mass is 9.89. The van der Waals surface area contributed by atoms with E-state index in [0.29, 0.717) is 0 Å². The molecule has 0 heterocycles. The third-order valence-corrected chi connectivity index (χ3v) is 11.5. The van der Waals surface area contributed by atoms with Gasteiger partial charge >= 0.3 is 0 Å². The van der Waals surface area contributed by atoms with E-state index in [0.717, 1.165) is 0 Å². The summed E-state index contributed by atoms with van der Waals surface area (Å²) in [6.07, 6.45) is 13.9. The van der Waals surface area contributed by atoms with Gasteiger partial charge in [0.15, 0.2) is 0 Å². The second-order valence-corrected chi connectivity index (χ2v) is 15.3. The molecule has 0 aliphatic rings.